The molecule has 0 aliphatic rings. The normalized spacial score (nSPS) is 10.5. The van der Waals surface area contributed by atoms with E-state index in [-0.39, 0.29) is 0 Å². The lowest BCUT2D eigenvalue weighted by atomic mass is 10.1. The topological polar surface area (TPSA) is 38.7 Å². The van der Waals surface area contributed by atoms with Crippen LogP contribution in [-0.4, -0.2) is 12.3 Å². The summed E-state index contributed by atoms with van der Waals surface area (Å²) in [5.41, 5.74) is 2.42. The van der Waals surface area contributed by atoms with Crippen LogP contribution in [0, 0.1) is 0 Å². The van der Waals surface area contributed by atoms with Crippen molar-refractivity contribution in [2.24, 2.45) is 0 Å². The molecule has 0 atom stereocenters. The molecular formula is C20H27BO3. The van der Waals surface area contributed by atoms with E-state index in [1.807, 2.05) is 36.4 Å². The third kappa shape index (κ3) is 6.28. The van der Waals surface area contributed by atoms with E-state index in [9.17, 15) is 5.02 Å². The maximum Gasteiger partial charge on any atom is 0.785 e. The second kappa shape index (κ2) is 10.0. The molecule has 0 radical (unpaired) electrons. The molecule has 0 saturated heterocycles. The van der Waals surface area contributed by atoms with E-state index in [1.54, 1.807) is 0 Å². The summed E-state index contributed by atoms with van der Waals surface area (Å²) >= 11 is 0. The summed E-state index contributed by atoms with van der Waals surface area (Å²) in [6, 6.07) is 15.6. The van der Waals surface area contributed by atoms with Gasteiger partial charge in [0.1, 0.15) is 11.5 Å². The molecule has 3 nitrogen and oxygen atoms in total. The molecule has 2 aromatic carbocycles. The van der Waals surface area contributed by atoms with E-state index < -0.39 is 7.32 Å². The minimum Gasteiger partial charge on any atom is -0.501 e. The highest BCUT2D eigenvalue weighted by atomic mass is 16.7. The maximum atomic E-state index is 10.0. The molecule has 24 heavy (non-hydrogen) atoms. The monoisotopic (exact) mass is 326 g/mol. The number of hydrogen-bond donors (Lipinski definition) is 1. The summed E-state index contributed by atoms with van der Waals surface area (Å²) in [6.45, 7) is 4.35. The zero-order chi connectivity index (χ0) is 17.2. The standard InChI is InChI=1S/C20H27BO3/c1-3-5-9-17-11-7-13-19(15-17)23-21(22)24-20-14-8-12-18(16-20)10-6-4-2/h7-8,11-16,22H,3-6,9-10H2,1-2H3. The Morgan fingerprint density at radius 1 is 0.792 bits per heavy atom. The third-order valence-electron chi connectivity index (χ3n) is 3.91. The van der Waals surface area contributed by atoms with Gasteiger partial charge in [-0.25, -0.2) is 0 Å². The van der Waals surface area contributed by atoms with Crippen LogP contribution in [0.2, 0.25) is 0 Å². The Bertz CT molecular complexity index is 562. The Hall–Kier alpha value is -1.94. The summed E-state index contributed by atoms with van der Waals surface area (Å²) in [4.78, 5) is 0. The fourth-order valence-electron chi connectivity index (χ4n) is 2.57. The summed E-state index contributed by atoms with van der Waals surface area (Å²) < 4.78 is 11.0. The molecule has 2 rings (SSSR count). The van der Waals surface area contributed by atoms with Crippen LogP contribution in [0.15, 0.2) is 48.5 Å². The molecule has 0 spiro atoms. The third-order valence-corrected chi connectivity index (χ3v) is 3.91. The van der Waals surface area contributed by atoms with Crippen molar-refractivity contribution in [3.8, 4) is 11.5 Å². The van der Waals surface area contributed by atoms with E-state index >= 15 is 0 Å². The fourth-order valence-corrected chi connectivity index (χ4v) is 2.57. The van der Waals surface area contributed by atoms with Crippen LogP contribution < -0.4 is 9.31 Å². The number of rotatable bonds is 10. The molecule has 0 aliphatic heterocycles. The fraction of sp³-hybridized carbons (Fsp3) is 0.400. The molecule has 0 fully saturated rings. The molecule has 4 heteroatoms. The molecule has 1 N–H and O–H groups in total. The Labute approximate surface area is 145 Å². The first-order valence-corrected chi connectivity index (χ1v) is 8.90. The summed E-state index contributed by atoms with van der Waals surface area (Å²) in [6.07, 6.45) is 6.64. The van der Waals surface area contributed by atoms with Crippen molar-refractivity contribution < 1.29 is 14.3 Å². The predicted octanol–water partition coefficient (Wildman–Crippen LogP) is 4.81. The van der Waals surface area contributed by atoms with Crippen LogP contribution in [-0.2, 0) is 12.8 Å². The van der Waals surface area contributed by atoms with Gasteiger partial charge in [-0.2, -0.15) is 0 Å². The Balaban J connectivity index is 1.92. The lowest BCUT2D eigenvalue weighted by molar-refractivity contribution is 0.297. The van der Waals surface area contributed by atoms with Crippen molar-refractivity contribution >= 4 is 7.32 Å². The lowest BCUT2D eigenvalue weighted by Gasteiger charge is -2.12. The smallest absolute Gasteiger partial charge is 0.501 e. The highest BCUT2D eigenvalue weighted by molar-refractivity contribution is 6.36. The Kier molecular flexibility index (Phi) is 7.70. The van der Waals surface area contributed by atoms with Crippen molar-refractivity contribution in [2.45, 2.75) is 52.4 Å². The second-order valence-electron chi connectivity index (χ2n) is 6.04. The largest absolute Gasteiger partial charge is 0.785 e. The van der Waals surface area contributed by atoms with Crippen LogP contribution in [0.4, 0.5) is 0 Å². The van der Waals surface area contributed by atoms with Gasteiger partial charge in [0.2, 0.25) is 0 Å². The Morgan fingerprint density at radius 3 is 1.67 bits per heavy atom. The van der Waals surface area contributed by atoms with Gasteiger partial charge in [0.15, 0.2) is 0 Å². The van der Waals surface area contributed by atoms with Crippen LogP contribution in [0.1, 0.15) is 50.7 Å². The molecule has 128 valence electrons. The number of hydrogen-bond acceptors (Lipinski definition) is 3. The van der Waals surface area contributed by atoms with Crippen molar-refractivity contribution in [3.63, 3.8) is 0 Å². The zero-order valence-electron chi connectivity index (χ0n) is 14.7. The SMILES string of the molecule is CCCCc1cccc(OB(O)Oc2cccc(CCCC)c2)c1. The molecule has 0 saturated carbocycles. The summed E-state index contributed by atoms with van der Waals surface area (Å²) in [7, 11) is -1.31. The van der Waals surface area contributed by atoms with Crippen LogP contribution in [0.25, 0.3) is 0 Å². The van der Waals surface area contributed by atoms with Gasteiger partial charge in [-0.15, -0.1) is 0 Å². The lowest BCUT2D eigenvalue weighted by Crippen LogP contribution is -2.29. The molecule has 0 heterocycles. The minimum atomic E-state index is -1.31. The van der Waals surface area contributed by atoms with Crippen molar-refractivity contribution in [1.29, 1.82) is 0 Å². The second-order valence-corrected chi connectivity index (χ2v) is 6.04. The summed E-state index contributed by atoms with van der Waals surface area (Å²) in [5.74, 6) is 1.25. The van der Waals surface area contributed by atoms with Gasteiger partial charge in [0.05, 0.1) is 0 Å². The molecule has 0 amide bonds. The first-order chi connectivity index (χ1) is 11.7. The van der Waals surface area contributed by atoms with Crippen LogP contribution in [0.5, 0.6) is 11.5 Å². The molecule has 0 bridgehead atoms. The van der Waals surface area contributed by atoms with Crippen molar-refractivity contribution in [1.82, 2.24) is 0 Å². The number of aryl methyl sites for hydroxylation is 2. The van der Waals surface area contributed by atoms with E-state index in [4.69, 9.17) is 9.31 Å². The summed E-state index contributed by atoms with van der Waals surface area (Å²) in [5, 5.41) is 10.0. The first-order valence-electron chi connectivity index (χ1n) is 8.90. The zero-order valence-corrected chi connectivity index (χ0v) is 14.7. The van der Waals surface area contributed by atoms with Gasteiger partial charge < -0.3 is 14.3 Å². The quantitative estimate of drug-likeness (QED) is 0.637. The van der Waals surface area contributed by atoms with E-state index in [1.165, 1.54) is 11.1 Å². The highest BCUT2D eigenvalue weighted by Gasteiger charge is 2.21. The predicted molar refractivity (Wildman–Crippen MR) is 99.3 cm³/mol. The van der Waals surface area contributed by atoms with Gasteiger partial charge in [-0.05, 0) is 61.1 Å². The molecule has 2 aromatic rings. The average Bonchev–Trinajstić information content (AvgIpc) is 2.58. The van der Waals surface area contributed by atoms with Gasteiger partial charge in [-0.3, -0.25) is 0 Å². The van der Waals surface area contributed by atoms with Gasteiger partial charge in [0, 0.05) is 0 Å². The molecule has 0 unspecified atom stereocenters. The van der Waals surface area contributed by atoms with Crippen LogP contribution in [0.3, 0.4) is 0 Å². The van der Waals surface area contributed by atoms with Crippen molar-refractivity contribution in [2.75, 3.05) is 0 Å². The molecule has 0 aliphatic carbocycles. The average molecular weight is 326 g/mol. The van der Waals surface area contributed by atoms with Gasteiger partial charge >= 0.3 is 7.32 Å². The highest BCUT2D eigenvalue weighted by Crippen LogP contribution is 2.19. The Morgan fingerprint density at radius 2 is 1.25 bits per heavy atom. The van der Waals surface area contributed by atoms with Gasteiger partial charge in [-0.1, -0.05) is 51.0 Å². The number of unbranched alkanes of at least 4 members (excludes halogenated alkanes) is 2. The van der Waals surface area contributed by atoms with E-state index in [2.05, 4.69) is 26.0 Å². The van der Waals surface area contributed by atoms with Crippen LogP contribution >= 0.6 is 0 Å². The van der Waals surface area contributed by atoms with E-state index in [0.29, 0.717) is 11.5 Å². The molecular weight excluding hydrogens is 299 g/mol. The number of benzene rings is 2. The van der Waals surface area contributed by atoms with E-state index in [0.717, 1.165) is 38.5 Å². The minimum absolute atomic E-state index is 0.623. The maximum absolute atomic E-state index is 10.0. The molecule has 0 aromatic heterocycles. The van der Waals surface area contributed by atoms with Gasteiger partial charge in [0.25, 0.3) is 0 Å². The first kappa shape index (κ1) is 18.4. The van der Waals surface area contributed by atoms with Crippen molar-refractivity contribution in [3.05, 3.63) is 59.7 Å².